The van der Waals surface area contributed by atoms with E-state index in [1.807, 2.05) is 11.4 Å². The Morgan fingerprint density at radius 2 is 2.42 bits per heavy atom. The molecule has 1 aliphatic heterocycles. The molecule has 0 aromatic carbocycles. The third kappa shape index (κ3) is 1.51. The Labute approximate surface area is 84.1 Å². The van der Waals surface area contributed by atoms with Gasteiger partial charge in [0.05, 0.1) is 4.47 Å². The lowest BCUT2D eigenvalue weighted by molar-refractivity contribution is 0.0380. The van der Waals surface area contributed by atoms with Crippen LogP contribution in [0.25, 0.3) is 0 Å². The molecule has 12 heavy (non-hydrogen) atoms. The summed E-state index contributed by atoms with van der Waals surface area (Å²) in [5, 5.41) is 6.21. The van der Waals surface area contributed by atoms with Crippen molar-refractivity contribution in [3.05, 3.63) is 15.9 Å². The van der Waals surface area contributed by atoms with Crippen LogP contribution in [-0.2, 0) is 0 Å². The molecule has 0 amide bonds. The minimum atomic E-state index is 0.00731. The molecule has 0 radical (unpaired) electrons. The normalized spacial score (nSPS) is 20.2. The van der Waals surface area contributed by atoms with E-state index in [4.69, 9.17) is 4.74 Å². The second-order valence-electron chi connectivity index (χ2n) is 3.21. The first kappa shape index (κ1) is 8.53. The maximum atomic E-state index is 5.82. The van der Waals surface area contributed by atoms with E-state index >= 15 is 0 Å². The van der Waals surface area contributed by atoms with Gasteiger partial charge in [-0.2, -0.15) is 0 Å². The largest absolute Gasteiger partial charge is 0.474 e. The molecule has 1 aliphatic rings. The van der Waals surface area contributed by atoms with Crippen molar-refractivity contribution in [2.75, 3.05) is 13.1 Å². The van der Waals surface area contributed by atoms with E-state index in [2.05, 4.69) is 28.2 Å². The van der Waals surface area contributed by atoms with Gasteiger partial charge in [0, 0.05) is 13.1 Å². The van der Waals surface area contributed by atoms with Crippen LogP contribution in [0, 0.1) is 0 Å². The number of thiophene rings is 1. The minimum Gasteiger partial charge on any atom is -0.474 e. The van der Waals surface area contributed by atoms with Crippen LogP contribution in [0.5, 0.6) is 5.06 Å². The third-order valence-electron chi connectivity index (χ3n) is 1.92. The summed E-state index contributed by atoms with van der Waals surface area (Å²) in [6, 6.07) is 2.01. The molecule has 2 nitrogen and oxygen atoms in total. The molecule has 4 heteroatoms. The van der Waals surface area contributed by atoms with Gasteiger partial charge in [-0.15, -0.1) is 11.3 Å². The molecule has 66 valence electrons. The van der Waals surface area contributed by atoms with Crippen molar-refractivity contribution in [2.45, 2.75) is 12.5 Å². The summed E-state index contributed by atoms with van der Waals surface area (Å²) in [6.07, 6.45) is 0. The predicted molar refractivity (Wildman–Crippen MR) is 53.9 cm³/mol. The molecule has 1 aromatic heterocycles. The first-order chi connectivity index (χ1) is 5.70. The van der Waals surface area contributed by atoms with E-state index in [1.165, 1.54) is 0 Å². The fourth-order valence-corrected chi connectivity index (χ4v) is 2.55. The molecule has 1 fully saturated rings. The molecule has 0 aliphatic carbocycles. The van der Waals surface area contributed by atoms with Gasteiger partial charge in [0.15, 0.2) is 5.06 Å². The fourth-order valence-electron chi connectivity index (χ4n) is 1.13. The van der Waals surface area contributed by atoms with Gasteiger partial charge >= 0.3 is 0 Å². The Kier molecular flexibility index (Phi) is 2.14. The molecule has 0 atom stereocenters. The lowest BCUT2D eigenvalue weighted by atomic mass is 10.0. The van der Waals surface area contributed by atoms with Crippen molar-refractivity contribution in [1.82, 2.24) is 5.32 Å². The zero-order valence-corrected chi connectivity index (χ0v) is 9.17. The Morgan fingerprint density at radius 1 is 1.67 bits per heavy atom. The molecule has 1 aromatic rings. The SMILES string of the molecule is CC1(Oc2sccc2Br)CNC1. The van der Waals surface area contributed by atoms with E-state index in [0.717, 1.165) is 22.6 Å². The fraction of sp³-hybridized carbons (Fsp3) is 0.500. The van der Waals surface area contributed by atoms with Crippen LogP contribution < -0.4 is 10.1 Å². The summed E-state index contributed by atoms with van der Waals surface area (Å²) >= 11 is 5.07. The standard InChI is InChI=1S/C8H10BrNOS/c1-8(4-10-5-8)11-7-6(9)2-3-12-7/h2-3,10H,4-5H2,1H3. The number of hydrogen-bond acceptors (Lipinski definition) is 3. The number of ether oxygens (including phenoxy) is 1. The van der Waals surface area contributed by atoms with E-state index in [1.54, 1.807) is 11.3 Å². The predicted octanol–water partition coefficient (Wildman–Crippen LogP) is 2.25. The van der Waals surface area contributed by atoms with Crippen LogP contribution in [0.2, 0.25) is 0 Å². The number of rotatable bonds is 2. The lowest BCUT2D eigenvalue weighted by Gasteiger charge is -2.38. The molecule has 0 bridgehead atoms. The van der Waals surface area contributed by atoms with Crippen molar-refractivity contribution < 1.29 is 4.74 Å². The second kappa shape index (κ2) is 3.01. The number of nitrogens with one attached hydrogen (secondary N) is 1. The third-order valence-corrected chi connectivity index (χ3v) is 3.60. The number of hydrogen-bond donors (Lipinski definition) is 1. The van der Waals surface area contributed by atoms with Gasteiger partial charge in [0.25, 0.3) is 0 Å². The minimum absolute atomic E-state index is 0.00731. The smallest absolute Gasteiger partial charge is 0.188 e. The highest BCUT2D eigenvalue weighted by Crippen LogP contribution is 2.34. The van der Waals surface area contributed by atoms with Crippen LogP contribution in [0.15, 0.2) is 15.9 Å². The van der Waals surface area contributed by atoms with E-state index in [0.29, 0.717) is 0 Å². The van der Waals surface area contributed by atoms with Crippen LogP contribution >= 0.6 is 27.3 Å². The molecule has 1 N–H and O–H groups in total. The average molecular weight is 248 g/mol. The van der Waals surface area contributed by atoms with E-state index < -0.39 is 0 Å². The first-order valence-corrected chi connectivity index (χ1v) is 5.50. The molecule has 2 heterocycles. The molecule has 0 saturated carbocycles. The Morgan fingerprint density at radius 3 is 2.83 bits per heavy atom. The van der Waals surface area contributed by atoms with Crippen molar-refractivity contribution >= 4 is 27.3 Å². The summed E-state index contributed by atoms with van der Waals surface area (Å²) in [4.78, 5) is 0. The van der Waals surface area contributed by atoms with Gasteiger partial charge in [-0.3, -0.25) is 0 Å². The topological polar surface area (TPSA) is 21.3 Å². The summed E-state index contributed by atoms with van der Waals surface area (Å²) in [5.74, 6) is 0. The Hall–Kier alpha value is -0.0600. The van der Waals surface area contributed by atoms with Crippen LogP contribution in [0.3, 0.4) is 0 Å². The maximum Gasteiger partial charge on any atom is 0.188 e. The molecule has 1 saturated heterocycles. The van der Waals surface area contributed by atoms with E-state index in [9.17, 15) is 0 Å². The molecule has 2 rings (SSSR count). The summed E-state index contributed by atoms with van der Waals surface area (Å²) in [5.41, 5.74) is 0.00731. The Balaban J connectivity index is 2.08. The molecule has 0 unspecified atom stereocenters. The van der Waals surface area contributed by atoms with Crippen molar-refractivity contribution in [3.8, 4) is 5.06 Å². The van der Waals surface area contributed by atoms with E-state index in [-0.39, 0.29) is 5.60 Å². The highest BCUT2D eigenvalue weighted by Gasteiger charge is 2.34. The van der Waals surface area contributed by atoms with Crippen LogP contribution in [-0.4, -0.2) is 18.7 Å². The molecule has 0 spiro atoms. The van der Waals surface area contributed by atoms with Gasteiger partial charge in [-0.25, -0.2) is 0 Å². The monoisotopic (exact) mass is 247 g/mol. The maximum absolute atomic E-state index is 5.82. The zero-order valence-electron chi connectivity index (χ0n) is 6.76. The van der Waals surface area contributed by atoms with Crippen molar-refractivity contribution in [2.24, 2.45) is 0 Å². The number of halogens is 1. The summed E-state index contributed by atoms with van der Waals surface area (Å²) in [7, 11) is 0. The van der Waals surface area contributed by atoms with Gasteiger partial charge in [-0.05, 0) is 34.3 Å². The van der Waals surface area contributed by atoms with Crippen molar-refractivity contribution in [1.29, 1.82) is 0 Å². The highest BCUT2D eigenvalue weighted by molar-refractivity contribution is 9.10. The van der Waals surface area contributed by atoms with Crippen LogP contribution in [0.4, 0.5) is 0 Å². The molecular weight excluding hydrogens is 238 g/mol. The van der Waals surface area contributed by atoms with Gasteiger partial charge < -0.3 is 10.1 Å². The highest BCUT2D eigenvalue weighted by atomic mass is 79.9. The lowest BCUT2D eigenvalue weighted by Crippen LogP contribution is -2.60. The van der Waals surface area contributed by atoms with Gasteiger partial charge in [-0.1, -0.05) is 0 Å². The Bertz CT molecular complexity index is 282. The summed E-state index contributed by atoms with van der Waals surface area (Å²) in [6.45, 7) is 4.00. The van der Waals surface area contributed by atoms with Gasteiger partial charge in [0.1, 0.15) is 5.60 Å². The first-order valence-electron chi connectivity index (χ1n) is 3.82. The van der Waals surface area contributed by atoms with Crippen molar-refractivity contribution in [3.63, 3.8) is 0 Å². The quantitative estimate of drug-likeness (QED) is 0.866. The van der Waals surface area contributed by atoms with Crippen LogP contribution in [0.1, 0.15) is 6.92 Å². The average Bonchev–Trinajstić information content (AvgIpc) is 2.34. The molecular formula is C8H10BrNOS. The zero-order chi connectivity index (χ0) is 8.60. The summed E-state index contributed by atoms with van der Waals surface area (Å²) < 4.78 is 6.87. The second-order valence-corrected chi connectivity index (χ2v) is 4.94. The van der Waals surface area contributed by atoms with Gasteiger partial charge in [0.2, 0.25) is 0 Å².